The zero-order valence-electron chi connectivity index (χ0n) is 15.0. The highest BCUT2D eigenvalue weighted by atomic mass is 32.2. The molecule has 3 rings (SSSR count). The first-order valence-electron chi connectivity index (χ1n) is 8.32. The van der Waals surface area contributed by atoms with Crippen LogP contribution in [-0.4, -0.2) is 56.9 Å². The fourth-order valence-electron chi connectivity index (χ4n) is 2.60. The number of ether oxygens (including phenoxy) is 3. The van der Waals surface area contributed by atoms with Crippen LogP contribution >= 0.6 is 0 Å². The summed E-state index contributed by atoms with van der Waals surface area (Å²) in [5, 5.41) is 0. The number of morpholine rings is 1. The number of rotatable bonds is 6. The van der Waals surface area contributed by atoms with Crippen molar-refractivity contribution in [1.29, 1.82) is 0 Å². The van der Waals surface area contributed by atoms with Crippen LogP contribution in [0.3, 0.4) is 0 Å². The molecule has 8 nitrogen and oxygen atoms in total. The Hall–Kier alpha value is -2.49. The zero-order valence-corrected chi connectivity index (χ0v) is 15.9. The monoisotopic (exact) mass is 392 g/mol. The second-order valence-electron chi connectivity index (χ2n) is 5.87. The molecule has 1 aromatic heterocycles. The average Bonchev–Trinajstić information content (AvgIpc) is 2.69. The number of hydrogen-bond acceptors (Lipinski definition) is 7. The van der Waals surface area contributed by atoms with Gasteiger partial charge >= 0.3 is 0 Å². The molecule has 2 aromatic rings. The first-order chi connectivity index (χ1) is 12.9. The number of hydrogen-bond donors (Lipinski definition) is 0. The summed E-state index contributed by atoms with van der Waals surface area (Å²) in [4.78, 5) is 15.6. The molecule has 0 radical (unpaired) electrons. The van der Waals surface area contributed by atoms with Crippen molar-refractivity contribution >= 4 is 15.8 Å². The molecule has 1 fully saturated rings. The van der Waals surface area contributed by atoms with Crippen molar-refractivity contribution in [3.63, 3.8) is 0 Å². The van der Waals surface area contributed by atoms with E-state index in [1.165, 1.54) is 36.7 Å². The number of benzene rings is 1. The zero-order chi connectivity index (χ0) is 19.4. The van der Waals surface area contributed by atoms with E-state index in [9.17, 15) is 13.2 Å². The Kier molecular flexibility index (Phi) is 5.73. The van der Waals surface area contributed by atoms with E-state index in [0.29, 0.717) is 43.4 Å². The van der Waals surface area contributed by atoms with E-state index in [0.717, 1.165) is 0 Å². The Labute approximate surface area is 157 Å². The van der Waals surface area contributed by atoms with Gasteiger partial charge in [-0.1, -0.05) is 0 Å². The number of aromatic nitrogens is 1. The maximum absolute atomic E-state index is 12.6. The normalized spacial score (nSPS) is 15.3. The van der Waals surface area contributed by atoms with E-state index < -0.39 is 10.0 Å². The molecule has 1 aliphatic heterocycles. The van der Waals surface area contributed by atoms with Gasteiger partial charge in [0.05, 0.1) is 26.5 Å². The summed E-state index contributed by atoms with van der Waals surface area (Å²) in [5.41, 5.74) is 0.499. The van der Waals surface area contributed by atoms with E-state index in [1.807, 2.05) is 0 Å². The summed E-state index contributed by atoms with van der Waals surface area (Å²) >= 11 is 0. The smallest absolute Gasteiger partial charge is 0.244 e. The third-order valence-electron chi connectivity index (χ3n) is 4.10. The van der Waals surface area contributed by atoms with Crippen LogP contribution in [0.1, 0.15) is 17.3 Å². The predicted octanol–water partition coefficient (Wildman–Crippen LogP) is 2.11. The van der Waals surface area contributed by atoms with Crippen molar-refractivity contribution in [1.82, 2.24) is 9.29 Å². The van der Waals surface area contributed by atoms with E-state index in [-0.39, 0.29) is 16.6 Å². The molecule has 144 valence electrons. The van der Waals surface area contributed by atoms with Crippen LogP contribution in [0.15, 0.2) is 41.4 Å². The highest BCUT2D eigenvalue weighted by Crippen LogP contribution is 2.32. The molecule has 0 saturated carbocycles. The van der Waals surface area contributed by atoms with E-state index >= 15 is 0 Å². The molecular formula is C18H20N2O6S. The Balaban J connectivity index is 1.79. The summed E-state index contributed by atoms with van der Waals surface area (Å²) in [7, 11) is -2.14. The van der Waals surface area contributed by atoms with Gasteiger partial charge in [-0.25, -0.2) is 13.4 Å². The molecule has 0 bridgehead atoms. The Bertz CT molecular complexity index is 921. The van der Waals surface area contributed by atoms with Gasteiger partial charge in [-0.3, -0.25) is 4.79 Å². The second-order valence-corrected chi connectivity index (χ2v) is 7.81. The van der Waals surface area contributed by atoms with Crippen LogP contribution < -0.4 is 9.47 Å². The molecule has 0 N–H and O–H groups in total. The van der Waals surface area contributed by atoms with Crippen LogP contribution in [0.2, 0.25) is 0 Å². The summed E-state index contributed by atoms with van der Waals surface area (Å²) in [6.07, 6.45) is 1.26. The lowest BCUT2D eigenvalue weighted by molar-refractivity contribution is 0.0730. The number of carbonyl (C=O) groups excluding carboxylic acids is 1. The molecule has 0 spiro atoms. The lowest BCUT2D eigenvalue weighted by atomic mass is 10.1. The van der Waals surface area contributed by atoms with Crippen molar-refractivity contribution in [3.8, 4) is 17.4 Å². The third kappa shape index (κ3) is 4.26. The molecular weight excluding hydrogens is 372 g/mol. The fourth-order valence-corrected chi connectivity index (χ4v) is 3.95. The van der Waals surface area contributed by atoms with Crippen molar-refractivity contribution in [3.05, 3.63) is 42.1 Å². The first-order valence-corrected chi connectivity index (χ1v) is 9.76. The number of Topliss-reactive ketones (excluding diaryl/α,β-unsaturated/α-hetero) is 1. The van der Waals surface area contributed by atoms with Crippen molar-refractivity contribution in [2.75, 3.05) is 33.4 Å². The number of nitrogens with zero attached hydrogens (tertiary/aromatic N) is 2. The van der Waals surface area contributed by atoms with Gasteiger partial charge in [0.15, 0.2) is 17.3 Å². The Morgan fingerprint density at radius 3 is 2.48 bits per heavy atom. The van der Waals surface area contributed by atoms with Crippen LogP contribution in [0.5, 0.6) is 17.4 Å². The Morgan fingerprint density at radius 1 is 1.15 bits per heavy atom. The number of sulfonamides is 1. The maximum atomic E-state index is 12.6. The second kappa shape index (κ2) is 8.03. The lowest BCUT2D eigenvalue weighted by Gasteiger charge is -2.25. The van der Waals surface area contributed by atoms with E-state index in [2.05, 4.69) is 4.98 Å². The van der Waals surface area contributed by atoms with Gasteiger partial charge < -0.3 is 14.2 Å². The summed E-state index contributed by atoms with van der Waals surface area (Å²) in [6, 6.07) is 7.73. The molecule has 9 heteroatoms. The molecule has 0 aliphatic carbocycles. The van der Waals surface area contributed by atoms with Crippen molar-refractivity contribution in [2.24, 2.45) is 0 Å². The molecule has 2 heterocycles. The number of carbonyl (C=O) groups is 1. The van der Waals surface area contributed by atoms with Crippen molar-refractivity contribution < 1.29 is 27.4 Å². The molecule has 1 aliphatic rings. The van der Waals surface area contributed by atoms with Crippen LogP contribution in [0, 0.1) is 0 Å². The summed E-state index contributed by atoms with van der Waals surface area (Å²) < 4.78 is 42.7. The minimum atomic E-state index is -3.61. The molecule has 1 aromatic carbocycles. The van der Waals surface area contributed by atoms with Gasteiger partial charge in [-0.15, -0.1) is 0 Å². The average molecular weight is 392 g/mol. The predicted molar refractivity (Wildman–Crippen MR) is 96.9 cm³/mol. The largest absolute Gasteiger partial charge is 0.493 e. The number of ketones is 1. The van der Waals surface area contributed by atoms with Crippen LogP contribution in [0.4, 0.5) is 0 Å². The van der Waals surface area contributed by atoms with Gasteiger partial charge in [0.1, 0.15) is 4.90 Å². The maximum Gasteiger partial charge on any atom is 0.244 e. The van der Waals surface area contributed by atoms with E-state index in [4.69, 9.17) is 14.2 Å². The minimum absolute atomic E-state index is 0.0874. The third-order valence-corrected chi connectivity index (χ3v) is 5.98. The molecule has 0 unspecified atom stereocenters. The SMILES string of the molecule is COc1cc(C(C)=O)ccc1Oc1ccc(S(=O)(=O)N2CCOCC2)cn1. The van der Waals surface area contributed by atoms with Crippen LogP contribution in [0.25, 0.3) is 0 Å². The van der Waals surface area contributed by atoms with Gasteiger partial charge in [0, 0.05) is 24.7 Å². The van der Waals surface area contributed by atoms with E-state index in [1.54, 1.807) is 18.2 Å². The number of pyridine rings is 1. The summed E-state index contributed by atoms with van der Waals surface area (Å²) in [5.74, 6) is 0.883. The molecule has 0 atom stereocenters. The highest BCUT2D eigenvalue weighted by Gasteiger charge is 2.26. The topological polar surface area (TPSA) is 95.0 Å². The van der Waals surface area contributed by atoms with Gasteiger partial charge in [-0.2, -0.15) is 4.31 Å². The highest BCUT2D eigenvalue weighted by molar-refractivity contribution is 7.89. The molecule has 0 amide bonds. The van der Waals surface area contributed by atoms with Crippen LogP contribution in [-0.2, 0) is 14.8 Å². The minimum Gasteiger partial charge on any atom is -0.493 e. The Morgan fingerprint density at radius 2 is 1.89 bits per heavy atom. The van der Waals surface area contributed by atoms with Gasteiger partial charge in [0.2, 0.25) is 15.9 Å². The first kappa shape index (κ1) is 19.3. The quantitative estimate of drug-likeness (QED) is 0.695. The lowest BCUT2D eigenvalue weighted by Crippen LogP contribution is -2.40. The molecule has 27 heavy (non-hydrogen) atoms. The fraction of sp³-hybridized carbons (Fsp3) is 0.333. The van der Waals surface area contributed by atoms with Gasteiger partial charge in [0.25, 0.3) is 0 Å². The van der Waals surface area contributed by atoms with Gasteiger partial charge in [-0.05, 0) is 31.2 Å². The standard InChI is InChI=1S/C18H20N2O6S/c1-13(21)14-3-5-16(17(11-14)24-2)26-18-6-4-15(12-19-18)27(22,23)20-7-9-25-10-8-20/h3-6,11-12H,7-10H2,1-2H3. The molecule has 1 saturated heterocycles. The van der Waals surface area contributed by atoms with Crippen molar-refractivity contribution in [2.45, 2.75) is 11.8 Å². The summed E-state index contributed by atoms with van der Waals surface area (Å²) in [6.45, 7) is 2.86. The number of methoxy groups -OCH3 is 1.